The SMILES string of the molecule is C=CCCOc1cc(OCCC=C)cc(OCCC=C)c1. The van der Waals surface area contributed by atoms with Gasteiger partial charge in [-0.25, -0.2) is 0 Å². The summed E-state index contributed by atoms with van der Waals surface area (Å²) in [4.78, 5) is 0. The highest BCUT2D eigenvalue weighted by molar-refractivity contribution is 5.42. The fourth-order valence-corrected chi connectivity index (χ4v) is 1.58. The molecule has 0 fully saturated rings. The first-order chi connectivity index (χ1) is 10.3. The molecule has 0 bridgehead atoms. The highest BCUT2D eigenvalue weighted by atomic mass is 16.5. The molecule has 1 aromatic carbocycles. The average Bonchev–Trinajstić information content (AvgIpc) is 2.48. The molecule has 0 N–H and O–H groups in total. The van der Waals surface area contributed by atoms with Crippen LogP contribution >= 0.6 is 0 Å². The number of hydrogen-bond acceptors (Lipinski definition) is 3. The summed E-state index contributed by atoms with van der Waals surface area (Å²) < 4.78 is 17.0. The average molecular weight is 288 g/mol. The van der Waals surface area contributed by atoms with Gasteiger partial charge in [-0.2, -0.15) is 0 Å². The Bertz CT molecular complexity index is 373. The normalized spacial score (nSPS) is 9.71. The third-order valence-corrected chi connectivity index (χ3v) is 2.63. The summed E-state index contributed by atoms with van der Waals surface area (Å²) in [6, 6.07) is 5.60. The quantitative estimate of drug-likeness (QED) is 0.417. The van der Waals surface area contributed by atoms with Crippen LogP contribution in [0.15, 0.2) is 56.2 Å². The van der Waals surface area contributed by atoms with E-state index in [9.17, 15) is 0 Å². The van der Waals surface area contributed by atoms with Gasteiger partial charge in [0.25, 0.3) is 0 Å². The van der Waals surface area contributed by atoms with E-state index in [1.165, 1.54) is 0 Å². The van der Waals surface area contributed by atoms with Gasteiger partial charge in [0.1, 0.15) is 17.2 Å². The van der Waals surface area contributed by atoms with Gasteiger partial charge < -0.3 is 14.2 Å². The Labute approximate surface area is 127 Å². The zero-order valence-electron chi connectivity index (χ0n) is 12.6. The van der Waals surface area contributed by atoms with Crippen molar-refractivity contribution >= 4 is 0 Å². The smallest absolute Gasteiger partial charge is 0.126 e. The lowest BCUT2D eigenvalue weighted by atomic mass is 10.3. The van der Waals surface area contributed by atoms with Gasteiger partial charge in [0.2, 0.25) is 0 Å². The zero-order chi connectivity index (χ0) is 15.3. The Kier molecular flexibility index (Phi) is 8.53. The lowest BCUT2D eigenvalue weighted by Gasteiger charge is -2.12. The van der Waals surface area contributed by atoms with Gasteiger partial charge in [0, 0.05) is 18.2 Å². The number of benzene rings is 1. The number of ether oxygens (including phenoxy) is 3. The second-order valence-corrected chi connectivity index (χ2v) is 4.42. The number of rotatable bonds is 12. The molecule has 0 aliphatic rings. The Morgan fingerprint density at radius 1 is 0.619 bits per heavy atom. The first kappa shape index (κ1) is 16.9. The molecule has 3 nitrogen and oxygen atoms in total. The van der Waals surface area contributed by atoms with Crippen LogP contribution in [-0.2, 0) is 0 Å². The predicted octanol–water partition coefficient (Wildman–Crippen LogP) is 4.55. The minimum Gasteiger partial charge on any atom is -0.493 e. The van der Waals surface area contributed by atoms with Crippen LogP contribution in [0.1, 0.15) is 19.3 Å². The van der Waals surface area contributed by atoms with Gasteiger partial charge >= 0.3 is 0 Å². The molecule has 0 unspecified atom stereocenters. The Morgan fingerprint density at radius 3 is 1.14 bits per heavy atom. The van der Waals surface area contributed by atoms with E-state index in [1.807, 2.05) is 36.4 Å². The molecule has 0 aromatic heterocycles. The van der Waals surface area contributed by atoms with E-state index in [1.54, 1.807) is 0 Å². The summed E-state index contributed by atoms with van der Waals surface area (Å²) in [5.41, 5.74) is 0. The van der Waals surface area contributed by atoms with Gasteiger partial charge in [-0.3, -0.25) is 0 Å². The molecule has 0 saturated heterocycles. The van der Waals surface area contributed by atoms with Crippen molar-refractivity contribution in [2.75, 3.05) is 19.8 Å². The van der Waals surface area contributed by atoms with Crippen molar-refractivity contribution in [3.8, 4) is 17.2 Å². The summed E-state index contributed by atoms with van der Waals surface area (Å²) >= 11 is 0. The highest BCUT2D eigenvalue weighted by Crippen LogP contribution is 2.28. The molecular formula is C18H24O3. The topological polar surface area (TPSA) is 27.7 Å². The molecular weight excluding hydrogens is 264 g/mol. The predicted molar refractivity (Wildman–Crippen MR) is 87.4 cm³/mol. The summed E-state index contributed by atoms with van der Waals surface area (Å²) in [5, 5.41) is 0. The molecule has 21 heavy (non-hydrogen) atoms. The summed E-state index contributed by atoms with van der Waals surface area (Å²) in [7, 11) is 0. The molecule has 1 rings (SSSR count). The van der Waals surface area contributed by atoms with E-state index in [4.69, 9.17) is 14.2 Å². The molecule has 0 heterocycles. The van der Waals surface area contributed by atoms with Crippen molar-refractivity contribution in [3.05, 3.63) is 56.2 Å². The van der Waals surface area contributed by atoms with Crippen molar-refractivity contribution in [3.63, 3.8) is 0 Å². The van der Waals surface area contributed by atoms with Crippen molar-refractivity contribution in [2.45, 2.75) is 19.3 Å². The summed E-state index contributed by atoms with van der Waals surface area (Å²) in [6.07, 6.45) is 7.88. The van der Waals surface area contributed by atoms with Gasteiger partial charge in [-0.15, -0.1) is 19.7 Å². The maximum absolute atomic E-state index is 5.67. The van der Waals surface area contributed by atoms with E-state index < -0.39 is 0 Å². The maximum atomic E-state index is 5.67. The fraction of sp³-hybridized carbons (Fsp3) is 0.333. The third kappa shape index (κ3) is 7.25. The first-order valence-corrected chi connectivity index (χ1v) is 7.16. The highest BCUT2D eigenvalue weighted by Gasteiger charge is 2.04. The molecule has 3 heteroatoms. The van der Waals surface area contributed by atoms with Crippen molar-refractivity contribution < 1.29 is 14.2 Å². The van der Waals surface area contributed by atoms with Crippen molar-refractivity contribution in [1.82, 2.24) is 0 Å². The van der Waals surface area contributed by atoms with Crippen LogP contribution in [0, 0.1) is 0 Å². The van der Waals surface area contributed by atoms with Crippen molar-refractivity contribution in [2.24, 2.45) is 0 Å². The first-order valence-electron chi connectivity index (χ1n) is 7.16. The van der Waals surface area contributed by atoms with Gasteiger partial charge in [-0.1, -0.05) is 18.2 Å². The van der Waals surface area contributed by atoms with Gasteiger partial charge in [-0.05, 0) is 19.3 Å². The van der Waals surface area contributed by atoms with Crippen LogP contribution < -0.4 is 14.2 Å². The summed E-state index contributed by atoms with van der Waals surface area (Å²) in [5.74, 6) is 2.21. The van der Waals surface area contributed by atoms with E-state index in [2.05, 4.69) is 19.7 Å². The van der Waals surface area contributed by atoms with Crippen LogP contribution in [0.3, 0.4) is 0 Å². The lowest BCUT2D eigenvalue weighted by Crippen LogP contribution is -2.01. The van der Waals surface area contributed by atoms with E-state index in [-0.39, 0.29) is 0 Å². The molecule has 0 aliphatic heterocycles. The zero-order valence-corrected chi connectivity index (χ0v) is 12.6. The second kappa shape index (κ2) is 10.6. The van der Waals surface area contributed by atoms with Gasteiger partial charge in [0.15, 0.2) is 0 Å². The van der Waals surface area contributed by atoms with Crippen molar-refractivity contribution in [1.29, 1.82) is 0 Å². The lowest BCUT2D eigenvalue weighted by molar-refractivity contribution is 0.293. The Hall–Kier alpha value is -2.16. The van der Waals surface area contributed by atoms with Crippen LogP contribution in [0.5, 0.6) is 17.2 Å². The van der Waals surface area contributed by atoms with Crippen LogP contribution in [0.25, 0.3) is 0 Å². The standard InChI is InChI=1S/C18H24O3/c1-4-7-10-19-16-13-17(20-11-8-5-2)15-18(14-16)21-12-9-6-3/h4-6,13-15H,1-3,7-12H2. The monoisotopic (exact) mass is 288 g/mol. The molecule has 0 saturated carbocycles. The van der Waals surface area contributed by atoms with E-state index in [0.717, 1.165) is 36.5 Å². The minimum absolute atomic E-state index is 0.589. The molecule has 0 amide bonds. The van der Waals surface area contributed by atoms with E-state index >= 15 is 0 Å². The minimum atomic E-state index is 0.589. The fourth-order valence-electron chi connectivity index (χ4n) is 1.58. The molecule has 0 spiro atoms. The molecule has 0 aliphatic carbocycles. The van der Waals surface area contributed by atoms with Crippen LogP contribution in [-0.4, -0.2) is 19.8 Å². The molecule has 114 valence electrons. The number of hydrogen-bond donors (Lipinski definition) is 0. The van der Waals surface area contributed by atoms with Crippen LogP contribution in [0.2, 0.25) is 0 Å². The largest absolute Gasteiger partial charge is 0.493 e. The molecule has 0 atom stereocenters. The second-order valence-electron chi connectivity index (χ2n) is 4.42. The summed E-state index contributed by atoms with van der Waals surface area (Å²) in [6.45, 7) is 12.8. The van der Waals surface area contributed by atoms with E-state index in [0.29, 0.717) is 19.8 Å². The Balaban J connectivity index is 2.71. The Morgan fingerprint density at radius 2 is 0.905 bits per heavy atom. The third-order valence-electron chi connectivity index (χ3n) is 2.63. The molecule has 1 aromatic rings. The van der Waals surface area contributed by atoms with Crippen LogP contribution in [0.4, 0.5) is 0 Å². The van der Waals surface area contributed by atoms with Gasteiger partial charge in [0.05, 0.1) is 19.8 Å². The molecule has 0 radical (unpaired) electrons. The maximum Gasteiger partial charge on any atom is 0.126 e.